The Morgan fingerprint density at radius 2 is 2.18 bits per heavy atom. The van der Waals surface area contributed by atoms with Gasteiger partial charge in [-0.05, 0) is 42.0 Å². The van der Waals surface area contributed by atoms with E-state index in [1.807, 2.05) is 17.5 Å². The Bertz CT molecular complexity index is 905. The van der Waals surface area contributed by atoms with Crippen LogP contribution in [0, 0.1) is 11.3 Å². The second-order valence-electron chi connectivity index (χ2n) is 9.37. The fourth-order valence-electron chi connectivity index (χ4n) is 4.98. The van der Waals surface area contributed by atoms with Gasteiger partial charge in [-0.2, -0.15) is 0 Å². The molecule has 0 bridgehead atoms. The van der Waals surface area contributed by atoms with Crippen molar-refractivity contribution in [3.05, 3.63) is 29.3 Å². The van der Waals surface area contributed by atoms with Crippen LogP contribution in [0.5, 0.6) is 0 Å². The molecule has 1 saturated heterocycles. The lowest BCUT2D eigenvalue weighted by molar-refractivity contribution is -0.154. The number of hydrogen-bond donors (Lipinski definition) is 1. The first kappa shape index (κ1) is 17.9. The Morgan fingerprint density at radius 1 is 1.39 bits per heavy atom. The zero-order valence-electron chi connectivity index (χ0n) is 16.2. The van der Waals surface area contributed by atoms with Crippen molar-refractivity contribution in [2.45, 2.75) is 57.5 Å². The van der Waals surface area contributed by atoms with Gasteiger partial charge in [-0.25, -0.2) is 0 Å². The van der Waals surface area contributed by atoms with E-state index in [1.165, 1.54) is 12.8 Å². The Balaban J connectivity index is 1.43. The van der Waals surface area contributed by atoms with Gasteiger partial charge in [0.2, 0.25) is 5.91 Å². The van der Waals surface area contributed by atoms with Crippen molar-refractivity contribution in [2.75, 3.05) is 6.54 Å². The zero-order valence-corrected chi connectivity index (χ0v) is 17.1. The maximum Gasteiger partial charge on any atom is 0.277 e. The molecule has 2 aromatic rings. The average molecular weight is 400 g/mol. The molecule has 1 aliphatic heterocycles. The number of amides is 2. The molecule has 1 spiro atoms. The van der Waals surface area contributed by atoms with Crippen LogP contribution in [0.4, 0.5) is 0 Å². The number of thiophene rings is 1. The van der Waals surface area contributed by atoms with Crippen LogP contribution in [0.1, 0.15) is 56.4 Å². The molecule has 0 aromatic carbocycles. The molecular formula is C21H25N3O3S. The number of rotatable bonds is 4. The standard InChI is InChI=1S/C21H25N3O3S/c1-20(2)11-21(12-20)19(26)22-14(8-13-5-6-13)10-24(21)18(25)15-9-16(27-23-15)17-4-3-7-28-17/h3-4,7,9,13-14H,5-6,8,10-12H2,1-2H3,(H,22,26). The quantitative estimate of drug-likeness (QED) is 0.851. The van der Waals surface area contributed by atoms with Crippen molar-refractivity contribution in [1.29, 1.82) is 0 Å². The van der Waals surface area contributed by atoms with Crippen LogP contribution in [-0.2, 0) is 4.79 Å². The number of aromatic nitrogens is 1. The van der Waals surface area contributed by atoms with Gasteiger partial charge in [0.05, 0.1) is 4.88 Å². The van der Waals surface area contributed by atoms with Crippen LogP contribution in [0.3, 0.4) is 0 Å². The van der Waals surface area contributed by atoms with Crippen LogP contribution < -0.4 is 5.32 Å². The number of nitrogens with zero attached hydrogens (tertiary/aromatic N) is 2. The van der Waals surface area contributed by atoms with Crippen molar-refractivity contribution in [1.82, 2.24) is 15.4 Å². The summed E-state index contributed by atoms with van der Waals surface area (Å²) in [6.07, 6.45) is 4.78. The van der Waals surface area contributed by atoms with E-state index < -0.39 is 5.54 Å². The summed E-state index contributed by atoms with van der Waals surface area (Å²) in [5, 5.41) is 9.21. The fourth-order valence-corrected chi connectivity index (χ4v) is 5.66. The highest BCUT2D eigenvalue weighted by Crippen LogP contribution is 2.53. The normalized spacial score (nSPS) is 25.4. The minimum absolute atomic E-state index is 0.000879. The van der Waals surface area contributed by atoms with Crippen LogP contribution in [0.2, 0.25) is 0 Å². The van der Waals surface area contributed by atoms with E-state index in [0.29, 0.717) is 31.1 Å². The molecule has 148 valence electrons. The molecule has 2 saturated carbocycles. The molecule has 2 amide bonds. The highest BCUT2D eigenvalue weighted by Gasteiger charge is 2.61. The number of nitrogens with one attached hydrogen (secondary N) is 1. The van der Waals surface area contributed by atoms with E-state index in [1.54, 1.807) is 22.3 Å². The topological polar surface area (TPSA) is 75.4 Å². The molecule has 1 atom stereocenters. The summed E-state index contributed by atoms with van der Waals surface area (Å²) >= 11 is 1.54. The van der Waals surface area contributed by atoms with Gasteiger partial charge in [0.15, 0.2) is 11.5 Å². The minimum atomic E-state index is -0.747. The van der Waals surface area contributed by atoms with Crippen LogP contribution in [0.25, 0.3) is 10.6 Å². The number of hydrogen-bond acceptors (Lipinski definition) is 5. The summed E-state index contributed by atoms with van der Waals surface area (Å²) in [6, 6.07) is 5.61. The first-order valence-electron chi connectivity index (χ1n) is 10.00. The lowest BCUT2D eigenvalue weighted by Gasteiger charge is -2.59. The van der Waals surface area contributed by atoms with Crippen molar-refractivity contribution in [3.8, 4) is 10.6 Å². The first-order chi connectivity index (χ1) is 13.4. The highest BCUT2D eigenvalue weighted by molar-refractivity contribution is 7.13. The minimum Gasteiger partial charge on any atom is -0.355 e. The van der Waals surface area contributed by atoms with E-state index >= 15 is 0 Å². The average Bonchev–Trinajstić information content (AvgIpc) is 3.11. The smallest absolute Gasteiger partial charge is 0.277 e. The first-order valence-corrected chi connectivity index (χ1v) is 10.9. The molecule has 3 heterocycles. The Labute approximate surface area is 168 Å². The molecule has 28 heavy (non-hydrogen) atoms. The van der Waals surface area contributed by atoms with Gasteiger partial charge in [-0.1, -0.05) is 37.9 Å². The van der Waals surface area contributed by atoms with Gasteiger partial charge < -0.3 is 14.7 Å². The third-order valence-electron chi connectivity index (χ3n) is 6.27. The molecule has 3 fully saturated rings. The monoisotopic (exact) mass is 399 g/mol. The largest absolute Gasteiger partial charge is 0.355 e. The summed E-state index contributed by atoms with van der Waals surface area (Å²) in [7, 11) is 0. The lowest BCUT2D eigenvalue weighted by Crippen LogP contribution is -2.75. The molecule has 6 nitrogen and oxygen atoms in total. The van der Waals surface area contributed by atoms with Crippen LogP contribution in [-0.4, -0.2) is 40.0 Å². The second kappa shape index (κ2) is 6.17. The summed E-state index contributed by atoms with van der Waals surface area (Å²) in [4.78, 5) is 29.2. The van der Waals surface area contributed by atoms with E-state index in [0.717, 1.165) is 11.3 Å². The maximum atomic E-state index is 13.4. The summed E-state index contributed by atoms with van der Waals surface area (Å²) in [6.45, 7) is 4.85. The zero-order chi connectivity index (χ0) is 19.5. The third-order valence-corrected chi connectivity index (χ3v) is 7.16. The van der Waals surface area contributed by atoms with Gasteiger partial charge in [0.1, 0.15) is 5.54 Å². The number of piperazine rings is 1. The molecule has 2 aromatic heterocycles. The van der Waals surface area contributed by atoms with Crippen molar-refractivity contribution < 1.29 is 14.1 Å². The lowest BCUT2D eigenvalue weighted by atomic mass is 9.57. The van der Waals surface area contributed by atoms with Gasteiger partial charge in [-0.15, -0.1) is 11.3 Å². The highest BCUT2D eigenvalue weighted by atomic mass is 32.1. The van der Waals surface area contributed by atoms with E-state index in [2.05, 4.69) is 24.3 Å². The van der Waals surface area contributed by atoms with Crippen LogP contribution >= 0.6 is 11.3 Å². The molecule has 2 aliphatic carbocycles. The van der Waals surface area contributed by atoms with Gasteiger partial charge >= 0.3 is 0 Å². The fraction of sp³-hybridized carbons (Fsp3) is 0.571. The molecule has 1 N–H and O–H groups in total. The SMILES string of the molecule is CC1(C)CC2(C1)C(=O)NC(CC1CC1)CN2C(=O)c1cc(-c2cccs2)on1. The maximum absolute atomic E-state index is 13.4. The van der Waals surface area contributed by atoms with E-state index in [-0.39, 0.29) is 29.0 Å². The summed E-state index contributed by atoms with van der Waals surface area (Å²) < 4.78 is 5.42. The predicted octanol–water partition coefficient (Wildman–Crippen LogP) is 3.70. The van der Waals surface area contributed by atoms with E-state index in [9.17, 15) is 9.59 Å². The summed E-state index contributed by atoms with van der Waals surface area (Å²) in [5.74, 6) is 1.08. The molecule has 1 unspecified atom stereocenters. The van der Waals surface area contributed by atoms with Crippen molar-refractivity contribution in [3.63, 3.8) is 0 Å². The third kappa shape index (κ3) is 2.96. The molecule has 0 radical (unpaired) electrons. The summed E-state index contributed by atoms with van der Waals surface area (Å²) in [5.41, 5.74) is -0.402. The Hall–Kier alpha value is -2.15. The molecular weight excluding hydrogens is 374 g/mol. The number of carbonyl (C=O) groups excluding carboxylic acids is 2. The van der Waals surface area contributed by atoms with Gasteiger partial charge in [-0.3, -0.25) is 9.59 Å². The van der Waals surface area contributed by atoms with Crippen molar-refractivity contribution >= 4 is 23.2 Å². The van der Waals surface area contributed by atoms with Gasteiger partial charge in [0.25, 0.3) is 5.91 Å². The van der Waals surface area contributed by atoms with Crippen molar-refractivity contribution in [2.24, 2.45) is 11.3 Å². The predicted molar refractivity (Wildman–Crippen MR) is 106 cm³/mol. The molecule has 5 rings (SSSR count). The Kier molecular flexibility index (Phi) is 3.95. The Morgan fingerprint density at radius 3 is 2.82 bits per heavy atom. The second-order valence-corrected chi connectivity index (χ2v) is 10.3. The number of carbonyl (C=O) groups is 2. The molecule has 3 aliphatic rings. The van der Waals surface area contributed by atoms with Gasteiger partial charge in [0, 0.05) is 18.7 Å². The molecule has 7 heteroatoms. The van der Waals surface area contributed by atoms with E-state index in [4.69, 9.17) is 4.52 Å². The van der Waals surface area contributed by atoms with Crippen LogP contribution in [0.15, 0.2) is 28.1 Å².